The number of hydrogen-bond acceptors (Lipinski definition) is 3. The maximum atomic E-state index is 6.16. The van der Waals surface area contributed by atoms with Gasteiger partial charge in [0, 0.05) is 30.8 Å². The van der Waals surface area contributed by atoms with Crippen molar-refractivity contribution in [3.05, 3.63) is 59.7 Å². The monoisotopic (exact) mass is 378 g/mol. The zero-order chi connectivity index (χ0) is 19.3. The molecule has 4 rings (SSSR count). The largest absolute Gasteiger partial charge is 0.493 e. The number of benzene rings is 2. The van der Waals surface area contributed by atoms with E-state index in [1.54, 1.807) is 0 Å². The Balaban J connectivity index is 1.34. The molecule has 5 heteroatoms. The van der Waals surface area contributed by atoms with Crippen molar-refractivity contribution in [2.75, 3.05) is 24.6 Å². The van der Waals surface area contributed by atoms with Gasteiger partial charge in [0.25, 0.3) is 0 Å². The minimum absolute atomic E-state index is 0.151. The third-order valence-electron chi connectivity index (χ3n) is 5.80. The van der Waals surface area contributed by atoms with Crippen molar-refractivity contribution in [2.24, 2.45) is 16.6 Å². The topological polar surface area (TPSA) is 62.9 Å². The van der Waals surface area contributed by atoms with Gasteiger partial charge in [-0.25, -0.2) is 4.99 Å². The quantitative estimate of drug-likeness (QED) is 0.627. The lowest BCUT2D eigenvalue weighted by Crippen LogP contribution is -2.37. The van der Waals surface area contributed by atoms with Crippen molar-refractivity contribution in [3.8, 4) is 5.75 Å². The van der Waals surface area contributed by atoms with Crippen LogP contribution in [0, 0.1) is 5.92 Å². The number of ether oxygens (including phenoxy) is 1. The van der Waals surface area contributed by atoms with Crippen LogP contribution in [0.15, 0.2) is 53.5 Å². The Hall–Kier alpha value is -2.69. The molecule has 0 saturated carbocycles. The lowest BCUT2D eigenvalue weighted by molar-refractivity contribution is 0.262. The highest BCUT2D eigenvalue weighted by molar-refractivity contribution is 5.78. The van der Waals surface area contributed by atoms with Gasteiger partial charge in [-0.1, -0.05) is 37.3 Å². The highest BCUT2D eigenvalue weighted by Gasteiger charge is 2.21. The van der Waals surface area contributed by atoms with Crippen LogP contribution in [0.4, 0.5) is 5.69 Å². The fourth-order valence-electron chi connectivity index (χ4n) is 3.97. The van der Waals surface area contributed by atoms with E-state index in [0.29, 0.717) is 19.1 Å². The number of nitrogens with two attached hydrogens (primary N) is 1. The summed E-state index contributed by atoms with van der Waals surface area (Å²) in [6.45, 7) is 5.93. The van der Waals surface area contributed by atoms with Gasteiger partial charge in [0.2, 0.25) is 0 Å². The molecule has 0 amide bonds. The number of para-hydroxylation sites is 1. The standard InChI is InChI=1S/C23H30N4O/c1-17-10-13-27(14-11-17)19-8-6-18(7-9-19)16-25-23(24)26-21-12-15-28-22-5-3-2-4-20(21)22/h2-9,17,21H,10-16H2,1H3,(H3,24,25,26). The number of fused-ring (bicyclic) bond motifs is 1. The molecule has 0 aliphatic carbocycles. The van der Waals surface area contributed by atoms with Crippen molar-refractivity contribution < 1.29 is 4.74 Å². The molecule has 1 fully saturated rings. The van der Waals surface area contributed by atoms with Crippen LogP contribution in [0.1, 0.15) is 43.4 Å². The first-order valence-electron chi connectivity index (χ1n) is 10.3. The highest BCUT2D eigenvalue weighted by Crippen LogP contribution is 2.31. The summed E-state index contributed by atoms with van der Waals surface area (Å²) in [6.07, 6.45) is 3.45. The first-order valence-corrected chi connectivity index (χ1v) is 10.3. The van der Waals surface area contributed by atoms with Crippen molar-refractivity contribution in [1.82, 2.24) is 5.32 Å². The maximum Gasteiger partial charge on any atom is 0.189 e. The van der Waals surface area contributed by atoms with E-state index in [-0.39, 0.29) is 6.04 Å². The Morgan fingerprint density at radius 3 is 2.64 bits per heavy atom. The number of anilines is 1. The van der Waals surface area contributed by atoms with Crippen molar-refractivity contribution in [3.63, 3.8) is 0 Å². The predicted molar refractivity (Wildman–Crippen MR) is 115 cm³/mol. The summed E-state index contributed by atoms with van der Waals surface area (Å²) in [7, 11) is 0. The summed E-state index contributed by atoms with van der Waals surface area (Å²) in [5.74, 6) is 2.26. The zero-order valence-corrected chi connectivity index (χ0v) is 16.6. The van der Waals surface area contributed by atoms with Gasteiger partial charge in [0.15, 0.2) is 5.96 Å². The van der Waals surface area contributed by atoms with E-state index in [1.165, 1.54) is 24.1 Å². The Labute approximate surface area is 167 Å². The summed E-state index contributed by atoms with van der Waals surface area (Å²) in [5, 5.41) is 3.35. The molecule has 5 nitrogen and oxygen atoms in total. The first kappa shape index (κ1) is 18.7. The predicted octanol–water partition coefficient (Wildman–Crippen LogP) is 3.85. The van der Waals surface area contributed by atoms with Crippen LogP contribution >= 0.6 is 0 Å². The fourth-order valence-corrected chi connectivity index (χ4v) is 3.97. The molecule has 0 spiro atoms. The summed E-state index contributed by atoms with van der Waals surface area (Å²) >= 11 is 0. The SMILES string of the molecule is CC1CCN(c2ccc(CN=C(N)NC3CCOc4ccccc43)cc2)CC1. The molecule has 3 N–H and O–H groups in total. The first-order chi connectivity index (χ1) is 13.7. The molecule has 148 valence electrons. The second-order valence-corrected chi connectivity index (χ2v) is 7.91. The Morgan fingerprint density at radius 1 is 1.11 bits per heavy atom. The normalized spacial score (nSPS) is 20.4. The van der Waals surface area contributed by atoms with Crippen LogP contribution in [0.25, 0.3) is 0 Å². The van der Waals surface area contributed by atoms with Gasteiger partial charge in [-0.15, -0.1) is 0 Å². The molecule has 2 aliphatic heterocycles. The molecular weight excluding hydrogens is 348 g/mol. The van der Waals surface area contributed by atoms with E-state index in [1.807, 2.05) is 18.2 Å². The Kier molecular flexibility index (Phi) is 5.70. The van der Waals surface area contributed by atoms with Crippen molar-refractivity contribution in [2.45, 2.75) is 38.8 Å². The molecule has 0 bridgehead atoms. The van der Waals surface area contributed by atoms with Gasteiger partial charge in [-0.05, 0) is 42.5 Å². The molecule has 2 aromatic carbocycles. The number of nitrogens with zero attached hydrogens (tertiary/aromatic N) is 2. The maximum absolute atomic E-state index is 6.16. The summed E-state index contributed by atoms with van der Waals surface area (Å²) in [4.78, 5) is 7.02. The zero-order valence-electron chi connectivity index (χ0n) is 16.6. The van der Waals surface area contributed by atoms with E-state index in [4.69, 9.17) is 10.5 Å². The lowest BCUT2D eigenvalue weighted by Gasteiger charge is -2.32. The van der Waals surface area contributed by atoms with Gasteiger partial charge in [-0.3, -0.25) is 0 Å². The van der Waals surface area contributed by atoms with Gasteiger partial charge in [0.05, 0.1) is 19.2 Å². The van der Waals surface area contributed by atoms with Crippen molar-refractivity contribution >= 4 is 11.6 Å². The minimum atomic E-state index is 0.151. The molecule has 2 aromatic rings. The molecule has 0 radical (unpaired) electrons. The van der Waals surface area contributed by atoms with Crippen LogP contribution in [0.2, 0.25) is 0 Å². The Bertz CT molecular complexity index is 810. The number of piperidine rings is 1. The second-order valence-electron chi connectivity index (χ2n) is 7.91. The van der Waals surface area contributed by atoms with Crippen LogP contribution < -0.4 is 20.7 Å². The molecule has 28 heavy (non-hydrogen) atoms. The van der Waals surface area contributed by atoms with E-state index >= 15 is 0 Å². The molecule has 0 aromatic heterocycles. The van der Waals surface area contributed by atoms with Crippen LogP contribution in [0.3, 0.4) is 0 Å². The van der Waals surface area contributed by atoms with Crippen LogP contribution in [0.5, 0.6) is 5.75 Å². The molecule has 2 aliphatic rings. The third-order valence-corrected chi connectivity index (χ3v) is 5.80. The van der Waals surface area contributed by atoms with Gasteiger partial charge in [0.1, 0.15) is 5.75 Å². The summed E-state index contributed by atoms with van der Waals surface area (Å²) < 4.78 is 5.71. The summed E-state index contributed by atoms with van der Waals surface area (Å²) in [6, 6.07) is 17.0. The highest BCUT2D eigenvalue weighted by atomic mass is 16.5. The molecule has 2 heterocycles. The van der Waals surface area contributed by atoms with Gasteiger partial charge in [-0.2, -0.15) is 0 Å². The van der Waals surface area contributed by atoms with E-state index in [0.717, 1.165) is 36.7 Å². The van der Waals surface area contributed by atoms with Crippen molar-refractivity contribution in [1.29, 1.82) is 0 Å². The van der Waals surface area contributed by atoms with Crippen LogP contribution in [-0.2, 0) is 6.54 Å². The second kappa shape index (κ2) is 8.55. The van der Waals surface area contributed by atoms with Gasteiger partial charge >= 0.3 is 0 Å². The number of nitrogens with one attached hydrogen (secondary N) is 1. The average Bonchev–Trinajstić information content (AvgIpc) is 2.74. The van der Waals surface area contributed by atoms with Gasteiger partial charge < -0.3 is 20.7 Å². The number of rotatable bonds is 4. The number of guanidine groups is 1. The lowest BCUT2D eigenvalue weighted by atomic mass is 9.99. The molecule has 1 unspecified atom stereocenters. The molecular formula is C23H30N4O. The number of hydrogen-bond donors (Lipinski definition) is 2. The average molecular weight is 379 g/mol. The third kappa shape index (κ3) is 4.41. The van der Waals surface area contributed by atoms with E-state index in [2.05, 4.69) is 52.5 Å². The van der Waals surface area contributed by atoms with E-state index in [9.17, 15) is 0 Å². The van der Waals surface area contributed by atoms with Crippen LogP contribution in [-0.4, -0.2) is 25.7 Å². The van der Waals surface area contributed by atoms with E-state index < -0.39 is 0 Å². The molecule has 1 saturated heterocycles. The molecule has 1 atom stereocenters. The fraction of sp³-hybridized carbons (Fsp3) is 0.435. The Morgan fingerprint density at radius 2 is 1.86 bits per heavy atom. The smallest absolute Gasteiger partial charge is 0.189 e. The number of aliphatic imine (C=N–C) groups is 1. The summed E-state index contributed by atoms with van der Waals surface area (Å²) in [5.41, 5.74) is 9.79. The minimum Gasteiger partial charge on any atom is -0.493 e.